The minimum atomic E-state index is -0.314. The Labute approximate surface area is 207 Å². The summed E-state index contributed by atoms with van der Waals surface area (Å²) >= 11 is 0. The highest BCUT2D eigenvalue weighted by Crippen LogP contribution is 2.38. The average molecular weight is 488 g/mol. The van der Waals surface area contributed by atoms with Crippen LogP contribution in [0.25, 0.3) is 22.7 Å². The van der Waals surface area contributed by atoms with Crippen LogP contribution in [0.3, 0.4) is 0 Å². The van der Waals surface area contributed by atoms with Crippen molar-refractivity contribution in [3.63, 3.8) is 0 Å². The number of hydrogen-bond donors (Lipinski definition) is 1. The monoisotopic (exact) mass is 487 g/mol. The van der Waals surface area contributed by atoms with Gasteiger partial charge in [0.1, 0.15) is 11.5 Å². The first-order valence-corrected chi connectivity index (χ1v) is 12.3. The van der Waals surface area contributed by atoms with Gasteiger partial charge in [-0.2, -0.15) is 0 Å². The van der Waals surface area contributed by atoms with Crippen LogP contribution in [0.1, 0.15) is 54.3 Å². The maximum absolute atomic E-state index is 13.6. The summed E-state index contributed by atoms with van der Waals surface area (Å²) in [6.45, 7) is 0.532. The van der Waals surface area contributed by atoms with E-state index < -0.39 is 0 Å². The molecule has 1 amide bonds. The number of ether oxygens (including phenoxy) is 2. The Kier molecular flexibility index (Phi) is 5.93. The number of benzene rings is 2. The first kappa shape index (κ1) is 22.4. The molecule has 0 bridgehead atoms. The molecular weight excluding hydrogens is 461 g/mol. The zero-order valence-electron chi connectivity index (χ0n) is 19.7. The fourth-order valence-electron chi connectivity index (χ4n) is 4.97. The number of halogens is 1. The number of nitrogens with one attached hydrogen (secondary N) is 1. The van der Waals surface area contributed by atoms with Gasteiger partial charge in [0.05, 0.1) is 12.0 Å². The maximum Gasteiger partial charge on any atom is 0.287 e. The third kappa shape index (κ3) is 4.34. The summed E-state index contributed by atoms with van der Waals surface area (Å²) in [6, 6.07) is 15.7. The van der Waals surface area contributed by atoms with Crippen LogP contribution in [0.4, 0.5) is 4.39 Å². The molecule has 6 rings (SSSR count). The van der Waals surface area contributed by atoms with Gasteiger partial charge in [-0.25, -0.2) is 9.37 Å². The third-order valence-corrected chi connectivity index (χ3v) is 6.83. The van der Waals surface area contributed by atoms with Gasteiger partial charge in [-0.3, -0.25) is 4.79 Å². The molecule has 0 spiro atoms. The Morgan fingerprint density at radius 1 is 1.00 bits per heavy atom. The molecule has 2 aromatic heterocycles. The molecule has 184 valence electrons. The van der Waals surface area contributed by atoms with E-state index in [2.05, 4.69) is 14.9 Å². The summed E-state index contributed by atoms with van der Waals surface area (Å²) in [5.74, 6) is 1.54. The van der Waals surface area contributed by atoms with E-state index in [9.17, 15) is 9.18 Å². The van der Waals surface area contributed by atoms with Gasteiger partial charge in [-0.1, -0.05) is 25.3 Å². The highest BCUT2D eigenvalue weighted by molar-refractivity contribution is 5.92. The van der Waals surface area contributed by atoms with E-state index in [0.717, 1.165) is 29.7 Å². The van der Waals surface area contributed by atoms with E-state index in [1.165, 1.54) is 31.4 Å². The van der Waals surface area contributed by atoms with Crippen molar-refractivity contribution in [1.82, 2.24) is 14.9 Å². The van der Waals surface area contributed by atoms with Crippen molar-refractivity contribution < 1.29 is 23.1 Å². The van der Waals surface area contributed by atoms with Gasteiger partial charge in [0.25, 0.3) is 5.91 Å². The second-order valence-corrected chi connectivity index (χ2v) is 9.18. The second-order valence-electron chi connectivity index (χ2n) is 9.18. The molecule has 1 fully saturated rings. The first-order chi connectivity index (χ1) is 17.7. The molecule has 1 aliphatic heterocycles. The SMILES string of the molecule is O=C(NCc1ccc2c(c1)OCO2)c1ccc(-c2c(-c3ccc(F)cc3)ncn2C2CCCCC2)o1. The maximum atomic E-state index is 13.6. The molecule has 2 aromatic carbocycles. The largest absolute Gasteiger partial charge is 0.454 e. The van der Waals surface area contributed by atoms with Crippen LogP contribution in [-0.4, -0.2) is 22.3 Å². The van der Waals surface area contributed by atoms with E-state index >= 15 is 0 Å². The molecule has 1 aliphatic carbocycles. The van der Waals surface area contributed by atoms with Crippen molar-refractivity contribution >= 4 is 5.91 Å². The molecule has 2 aliphatic rings. The van der Waals surface area contributed by atoms with Crippen LogP contribution in [-0.2, 0) is 6.54 Å². The van der Waals surface area contributed by atoms with Gasteiger partial charge in [-0.15, -0.1) is 0 Å². The molecular formula is C28H26FN3O4. The standard InChI is InChI=1S/C28H26FN3O4/c29-20-9-7-19(8-10-20)26-27(32(16-31-26)21-4-2-1-3-5-21)23-12-13-24(36-23)28(33)30-15-18-6-11-22-25(14-18)35-17-34-22/h6-14,16,21H,1-5,15,17H2,(H,30,33). The number of fused-ring (bicyclic) bond motifs is 1. The van der Waals surface area contributed by atoms with Crippen LogP contribution >= 0.6 is 0 Å². The summed E-state index contributed by atoms with van der Waals surface area (Å²) in [5.41, 5.74) is 3.21. The normalized spacial score (nSPS) is 15.2. The summed E-state index contributed by atoms with van der Waals surface area (Å²) in [4.78, 5) is 17.6. The summed E-state index contributed by atoms with van der Waals surface area (Å²) in [7, 11) is 0. The van der Waals surface area contributed by atoms with Gasteiger partial charge >= 0.3 is 0 Å². The van der Waals surface area contributed by atoms with Crippen LogP contribution in [0.15, 0.2) is 65.3 Å². The number of furan rings is 1. The topological polar surface area (TPSA) is 78.5 Å². The number of nitrogens with zero attached hydrogens (tertiary/aromatic N) is 2. The van der Waals surface area contributed by atoms with Crippen molar-refractivity contribution in [2.24, 2.45) is 0 Å². The highest BCUT2D eigenvalue weighted by Gasteiger charge is 2.25. The lowest BCUT2D eigenvalue weighted by atomic mass is 9.95. The smallest absolute Gasteiger partial charge is 0.287 e. The highest BCUT2D eigenvalue weighted by atomic mass is 19.1. The van der Waals surface area contributed by atoms with Crippen molar-refractivity contribution in [2.45, 2.75) is 44.7 Å². The molecule has 4 aromatic rings. The van der Waals surface area contributed by atoms with Crippen molar-refractivity contribution in [2.75, 3.05) is 6.79 Å². The van der Waals surface area contributed by atoms with E-state index in [4.69, 9.17) is 13.9 Å². The fourth-order valence-corrected chi connectivity index (χ4v) is 4.97. The van der Waals surface area contributed by atoms with E-state index in [1.807, 2.05) is 24.5 Å². The quantitative estimate of drug-likeness (QED) is 0.355. The van der Waals surface area contributed by atoms with Gasteiger partial charge in [0.15, 0.2) is 23.0 Å². The Bertz CT molecular complexity index is 1390. The fraction of sp³-hybridized carbons (Fsp3) is 0.286. The number of aromatic nitrogens is 2. The summed E-state index contributed by atoms with van der Waals surface area (Å²) < 4.78 is 32.6. The molecule has 1 saturated carbocycles. The molecule has 7 nitrogen and oxygen atoms in total. The molecule has 3 heterocycles. The van der Waals surface area contributed by atoms with Gasteiger partial charge < -0.3 is 23.8 Å². The number of amides is 1. The number of carbonyl (C=O) groups excluding carboxylic acids is 1. The third-order valence-electron chi connectivity index (χ3n) is 6.83. The predicted molar refractivity (Wildman–Crippen MR) is 131 cm³/mol. The van der Waals surface area contributed by atoms with Crippen LogP contribution < -0.4 is 14.8 Å². The van der Waals surface area contributed by atoms with Gasteiger partial charge in [0.2, 0.25) is 6.79 Å². The number of hydrogen-bond acceptors (Lipinski definition) is 5. The van der Waals surface area contributed by atoms with E-state index in [0.29, 0.717) is 35.5 Å². The number of rotatable bonds is 6. The van der Waals surface area contributed by atoms with Gasteiger partial charge in [0, 0.05) is 18.2 Å². The van der Waals surface area contributed by atoms with Crippen LogP contribution in [0.5, 0.6) is 11.5 Å². The number of imidazole rings is 1. The van der Waals surface area contributed by atoms with Crippen LogP contribution in [0.2, 0.25) is 0 Å². The lowest BCUT2D eigenvalue weighted by Gasteiger charge is -2.24. The first-order valence-electron chi connectivity index (χ1n) is 12.3. The number of carbonyl (C=O) groups is 1. The zero-order valence-corrected chi connectivity index (χ0v) is 19.7. The molecule has 0 radical (unpaired) electrons. The Morgan fingerprint density at radius 3 is 2.64 bits per heavy atom. The lowest BCUT2D eigenvalue weighted by molar-refractivity contribution is 0.0924. The second kappa shape index (κ2) is 9.53. The lowest BCUT2D eigenvalue weighted by Crippen LogP contribution is -2.22. The Balaban J connectivity index is 1.27. The predicted octanol–water partition coefficient (Wildman–Crippen LogP) is 6.11. The van der Waals surface area contributed by atoms with E-state index in [-0.39, 0.29) is 24.3 Å². The average Bonchev–Trinajstić information content (AvgIpc) is 3.67. The summed E-state index contributed by atoms with van der Waals surface area (Å²) in [5, 5.41) is 2.90. The molecule has 1 N–H and O–H groups in total. The Morgan fingerprint density at radius 2 is 1.81 bits per heavy atom. The zero-order chi connectivity index (χ0) is 24.5. The van der Waals surface area contributed by atoms with Crippen molar-refractivity contribution in [3.8, 4) is 34.2 Å². The van der Waals surface area contributed by atoms with Crippen molar-refractivity contribution in [3.05, 3.63) is 78.1 Å². The van der Waals surface area contributed by atoms with Crippen molar-refractivity contribution in [1.29, 1.82) is 0 Å². The molecule has 0 unspecified atom stereocenters. The Hall–Kier alpha value is -4.07. The molecule has 0 atom stereocenters. The summed E-state index contributed by atoms with van der Waals surface area (Å²) in [6.07, 6.45) is 7.54. The van der Waals surface area contributed by atoms with Crippen LogP contribution in [0, 0.1) is 5.82 Å². The molecule has 0 saturated heterocycles. The molecule has 36 heavy (non-hydrogen) atoms. The minimum absolute atomic E-state index is 0.206. The molecule has 8 heteroatoms. The minimum Gasteiger partial charge on any atom is -0.454 e. The van der Waals surface area contributed by atoms with Gasteiger partial charge in [-0.05, 0) is 66.9 Å². The van der Waals surface area contributed by atoms with E-state index in [1.54, 1.807) is 24.3 Å².